The number of hydrogen-bond acceptors (Lipinski definition) is 2. The number of rotatable bonds is 4. The predicted octanol–water partition coefficient (Wildman–Crippen LogP) is 3.57. The van der Waals surface area contributed by atoms with Crippen LogP contribution in [0.4, 0.5) is 0 Å². The minimum atomic E-state index is -0.228. The minimum absolute atomic E-state index is 0.0422. The van der Waals surface area contributed by atoms with E-state index >= 15 is 0 Å². The Morgan fingerprint density at radius 3 is 2.45 bits per heavy atom. The van der Waals surface area contributed by atoms with Crippen LogP contribution in [0.25, 0.3) is 0 Å². The van der Waals surface area contributed by atoms with E-state index in [9.17, 15) is 4.79 Å². The van der Waals surface area contributed by atoms with Crippen LogP contribution in [-0.2, 0) is 10.2 Å². The lowest BCUT2D eigenvalue weighted by molar-refractivity contribution is -0.123. The van der Waals surface area contributed by atoms with Crippen molar-refractivity contribution in [2.24, 2.45) is 11.8 Å². The molecule has 3 rings (SSSR count). The van der Waals surface area contributed by atoms with Crippen molar-refractivity contribution in [2.45, 2.75) is 44.6 Å². The molecule has 0 bridgehead atoms. The lowest BCUT2D eigenvalue weighted by atomic mass is 9.84. The smallest absolute Gasteiger partial charge is 0.160 e. The van der Waals surface area contributed by atoms with Crippen molar-refractivity contribution in [3.8, 4) is 0 Å². The summed E-state index contributed by atoms with van der Waals surface area (Å²) in [6.45, 7) is 5.46. The predicted molar refractivity (Wildman–Crippen MR) is 82.1 cm³/mol. The summed E-state index contributed by atoms with van der Waals surface area (Å²) in [5.74, 6) is 1.67. The first-order valence-corrected chi connectivity index (χ1v) is 7.94. The zero-order valence-electron chi connectivity index (χ0n) is 12.2. The van der Waals surface area contributed by atoms with Gasteiger partial charge in [-0.3, -0.25) is 4.79 Å². The third-order valence-electron chi connectivity index (χ3n) is 5.04. The highest BCUT2D eigenvalue weighted by molar-refractivity contribution is 6.30. The van der Waals surface area contributed by atoms with Crippen molar-refractivity contribution in [1.82, 2.24) is 5.32 Å². The zero-order valence-corrected chi connectivity index (χ0v) is 12.9. The Morgan fingerprint density at radius 2 is 1.95 bits per heavy atom. The number of benzene rings is 1. The van der Waals surface area contributed by atoms with Crippen LogP contribution in [0.5, 0.6) is 0 Å². The molecule has 0 amide bonds. The number of carbonyl (C=O) groups excluding carboxylic acids is 1. The summed E-state index contributed by atoms with van der Waals surface area (Å²) in [4.78, 5) is 12.9. The van der Waals surface area contributed by atoms with Crippen molar-refractivity contribution < 1.29 is 4.79 Å². The average Bonchev–Trinajstić information content (AvgIpc) is 3.08. The highest BCUT2D eigenvalue weighted by atomic mass is 35.5. The second-order valence-corrected chi connectivity index (χ2v) is 7.09. The van der Waals surface area contributed by atoms with Gasteiger partial charge in [-0.05, 0) is 55.3 Å². The molecule has 1 saturated heterocycles. The Bertz CT molecular complexity index is 504. The Kier molecular flexibility index (Phi) is 3.64. The molecule has 20 heavy (non-hydrogen) atoms. The molecule has 1 heterocycles. The lowest BCUT2D eigenvalue weighted by Gasteiger charge is -2.20. The Balaban J connectivity index is 1.76. The summed E-state index contributed by atoms with van der Waals surface area (Å²) in [5.41, 5.74) is 0.912. The molecule has 3 heteroatoms. The van der Waals surface area contributed by atoms with Crippen LogP contribution in [0, 0.1) is 11.8 Å². The maximum absolute atomic E-state index is 12.9. The van der Waals surface area contributed by atoms with E-state index in [2.05, 4.69) is 19.2 Å². The van der Waals surface area contributed by atoms with Crippen LogP contribution in [0.2, 0.25) is 5.02 Å². The molecule has 2 fully saturated rings. The molecule has 0 aromatic heterocycles. The number of halogens is 1. The van der Waals surface area contributed by atoms with Crippen molar-refractivity contribution >= 4 is 17.4 Å². The van der Waals surface area contributed by atoms with Gasteiger partial charge in [0, 0.05) is 5.02 Å². The van der Waals surface area contributed by atoms with Gasteiger partial charge in [0.25, 0.3) is 0 Å². The molecular weight excluding hydrogens is 270 g/mol. The van der Waals surface area contributed by atoms with E-state index < -0.39 is 0 Å². The van der Waals surface area contributed by atoms with Gasteiger partial charge in [0.15, 0.2) is 5.78 Å². The van der Waals surface area contributed by atoms with Gasteiger partial charge < -0.3 is 5.32 Å². The fourth-order valence-electron chi connectivity index (χ4n) is 3.38. The summed E-state index contributed by atoms with van der Waals surface area (Å²) in [6.07, 6.45) is 2.96. The largest absolute Gasteiger partial charge is 0.307 e. The van der Waals surface area contributed by atoms with Crippen molar-refractivity contribution in [2.75, 3.05) is 6.54 Å². The number of carbonyl (C=O) groups is 1. The first-order chi connectivity index (χ1) is 9.53. The van der Waals surface area contributed by atoms with Gasteiger partial charge in [-0.2, -0.15) is 0 Å². The fourth-order valence-corrected chi connectivity index (χ4v) is 3.50. The highest BCUT2D eigenvalue weighted by Crippen LogP contribution is 2.50. The van der Waals surface area contributed by atoms with Gasteiger partial charge in [0.05, 0.1) is 11.5 Å². The van der Waals surface area contributed by atoms with Gasteiger partial charge in [0.1, 0.15) is 0 Å². The molecule has 1 aromatic carbocycles. The van der Waals surface area contributed by atoms with Gasteiger partial charge in [-0.1, -0.05) is 37.6 Å². The topological polar surface area (TPSA) is 29.1 Å². The molecule has 1 aliphatic heterocycles. The number of hydrogen-bond donors (Lipinski definition) is 1. The van der Waals surface area contributed by atoms with Crippen molar-refractivity contribution in [3.05, 3.63) is 34.9 Å². The van der Waals surface area contributed by atoms with E-state index in [-0.39, 0.29) is 11.5 Å². The summed E-state index contributed by atoms with van der Waals surface area (Å²) in [5, 5.41) is 4.17. The molecule has 2 atom stereocenters. The minimum Gasteiger partial charge on any atom is -0.307 e. The molecule has 0 radical (unpaired) electrons. The van der Waals surface area contributed by atoms with Crippen LogP contribution < -0.4 is 5.32 Å². The summed E-state index contributed by atoms with van der Waals surface area (Å²) in [6, 6.07) is 7.86. The molecule has 1 N–H and O–H groups in total. The summed E-state index contributed by atoms with van der Waals surface area (Å²) < 4.78 is 0. The quantitative estimate of drug-likeness (QED) is 0.919. The Morgan fingerprint density at radius 1 is 1.30 bits per heavy atom. The van der Waals surface area contributed by atoms with E-state index in [1.54, 1.807) is 0 Å². The van der Waals surface area contributed by atoms with Crippen LogP contribution in [0.15, 0.2) is 24.3 Å². The zero-order chi connectivity index (χ0) is 14.3. The Labute approximate surface area is 125 Å². The van der Waals surface area contributed by atoms with Crippen LogP contribution in [-0.4, -0.2) is 18.4 Å². The molecule has 1 aliphatic carbocycles. The second kappa shape index (κ2) is 5.16. The number of nitrogens with one attached hydrogen (secondary N) is 1. The normalized spacial score (nSPS) is 27.8. The van der Waals surface area contributed by atoms with E-state index in [0.717, 1.165) is 36.4 Å². The fraction of sp³-hybridized carbons (Fsp3) is 0.588. The SMILES string of the molecule is CC(C)C1CNC(C(=O)C2(c3ccc(Cl)cc3)CC2)C1. The molecule has 2 nitrogen and oxygen atoms in total. The van der Waals surface area contributed by atoms with E-state index in [4.69, 9.17) is 11.6 Å². The van der Waals surface area contributed by atoms with Gasteiger partial charge in [-0.25, -0.2) is 0 Å². The lowest BCUT2D eigenvalue weighted by Crippen LogP contribution is -2.38. The third kappa shape index (κ3) is 2.40. The van der Waals surface area contributed by atoms with Gasteiger partial charge in [-0.15, -0.1) is 0 Å². The summed E-state index contributed by atoms with van der Waals surface area (Å²) in [7, 11) is 0. The molecule has 2 aliphatic rings. The monoisotopic (exact) mass is 291 g/mol. The molecule has 2 unspecified atom stereocenters. The van der Waals surface area contributed by atoms with Crippen LogP contribution in [0.1, 0.15) is 38.7 Å². The maximum atomic E-state index is 12.9. The maximum Gasteiger partial charge on any atom is 0.160 e. The third-order valence-corrected chi connectivity index (χ3v) is 5.29. The van der Waals surface area contributed by atoms with Gasteiger partial charge >= 0.3 is 0 Å². The highest BCUT2D eigenvalue weighted by Gasteiger charge is 2.53. The van der Waals surface area contributed by atoms with E-state index in [1.165, 1.54) is 0 Å². The van der Waals surface area contributed by atoms with Crippen molar-refractivity contribution in [3.63, 3.8) is 0 Å². The number of Topliss-reactive ketones (excluding diaryl/α,β-unsaturated/α-hetero) is 1. The molecular formula is C17H22ClNO. The first-order valence-electron chi connectivity index (χ1n) is 7.57. The van der Waals surface area contributed by atoms with Crippen LogP contribution >= 0.6 is 11.6 Å². The standard InChI is InChI=1S/C17H22ClNO/c1-11(2)12-9-15(19-10-12)16(20)17(7-8-17)13-3-5-14(18)6-4-13/h3-6,11-12,15,19H,7-10H2,1-2H3. The molecule has 1 aromatic rings. The van der Waals surface area contributed by atoms with E-state index in [1.807, 2.05) is 24.3 Å². The molecule has 108 valence electrons. The van der Waals surface area contributed by atoms with E-state index in [0.29, 0.717) is 17.6 Å². The molecule has 1 saturated carbocycles. The second-order valence-electron chi connectivity index (χ2n) is 6.65. The van der Waals surface area contributed by atoms with Gasteiger partial charge in [0.2, 0.25) is 0 Å². The Hall–Kier alpha value is -0.860. The number of ketones is 1. The summed E-state index contributed by atoms with van der Waals surface area (Å²) >= 11 is 5.95. The van der Waals surface area contributed by atoms with Crippen LogP contribution in [0.3, 0.4) is 0 Å². The molecule has 0 spiro atoms. The average molecular weight is 292 g/mol. The van der Waals surface area contributed by atoms with Crippen molar-refractivity contribution in [1.29, 1.82) is 0 Å². The first kappa shape index (κ1) is 14.1.